The van der Waals surface area contributed by atoms with Gasteiger partial charge in [-0.15, -0.1) is 0 Å². The van der Waals surface area contributed by atoms with E-state index >= 15 is 0 Å². The molecule has 0 aromatic heterocycles. The van der Waals surface area contributed by atoms with Crippen LogP contribution in [0.3, 0.4) is 0 Å². The highest BCUT2D eigenvalue weighted by Gasteiger charge is 2.61. The number of nitrogens with zero attached hydrogens (tertiary/aromatic N) is 2. The molecule has 30 heavy (non-hydrogen) atoms. The van der Waals surface area contributed by atoms with Gasteiger partial charge < -0.3 is 20.3 Å². The van der Waals surface area contributed by atoms with Crippen molar-refractivity contribution in [2.75, 3.05) is 37.6 Å². The summed E-state index contributed by atoms with van der Waals surface area (Å²) in [6.07, 6.45) is 0.252. The zero-order valence-electron chi connectivity index (χ0n) is 17.1. The molecule has 0 bridgehead atoms. The molecule has 3 atom stereocenters. The maximum absolute atomic E-state index is 12.3. The second-order valence-corrected chi connectivity index (χ2v) is 8.34. The highest BCUT2D eigenvalue weighted by molar-refractivity contribution is 5.90. The number of ether oxygens (including phenoxy) is 1. The lowest BCUT2D eigenvalue weighted by Gasteiger charge is -2.22. The van der Waals surface area contributed by atoms with Crippen molar-refractivity contribution in [3.8, 4) is 0 Å². The van der Waals surface area contributed by atoms with E-state index in [-0.39, 0.29) is 35.8 Å². The standard InChI is InChI=1S/C21H26N4O5/c1-13(26)22-8-18-11-25(20(29)30-18)17-5-3-15(4-6-17)21-7-16(21)10-24(12-21)19(28)9-23-14(2)27/h3-6,16,18H,7-12H2,1-2H3,(H,22,26)(H,23,27). The molecule has 3 aliphatic rings. The predicted molar refractivity (Wildman–Crippen MR) is 108 cm³/mol. The minimum absolute atomic E-state index is 0.0239. The topological polar surface area (TPSA) is 108 Å². The summed E-state index contributed by atoms with van der Waals surface area (Å²) in [6, 6.07) is 7.85. The third-order valence-corrected chi connectivity index (χ3v) is 6.19. The molecule has 9 nitrogen and oxygen atoms in total. The van der Waals surface area contributed by atoms with Crippen molar-refractivity contribution >= 4 is 29.5 Å². The fraction of sp³-hybridized carbons (Fsp3) is 0.524. The molecule has 2 heterocycles. The number of fused-ring (bicyclic) bond motifs is 1. The van der Waals surface area contributed by atoms with Gasteiger partial charge in [0.1, 0.15) is 6.10 Å². The lowest BCUT2D eigenvalue weighted by Crippen LogP contribution is -2.40. The zero-order chi connectivity index (χ0) is 21.5. The second-order valence-electron chi connectivity index (χ2n) is 8.34. The van der Waals surface area contributed by atoms with E-state index in [2.05, 4.69) is 10.6 Å². The molecule has 4 rings (SSSR count). The van der Waals surface area contributed by atoms with Crippen molar-refractivity contribution in [3.05, 3.63) is 29.8 Å². The summed E-state index contributed by atoms with van der Waals surface area (Å²) in [5.41, 5.74) is 1.89. The van der Waals surface area contributed by atoms with Gasteiger partial charge in [0.05, 0.1) is 19.6 Å². The van der Waals surface area contributed by atoms with Gasteiger partial charge in [-0.25, -0.2) is 4.79 Å². The molecule has 0 radical (unpaired) electrons. The number of anilines is 1. The normalized spacial score (nSPS) is 26.8. The number of benzene rings is 1. The molecular formula is C21H26N4O5. The van der Waals surface area contributed by atoms with Crippen LogP contribution in [0.5, 0.6) is 0 Å². The molecule has 0 spiro atoms. The van der Waals surface area contributed by atoms with Crippen LogP contribution >= 0.6 is 0 Å². The van der Waals surface area contributed by atoms with Crippen molar-refractivity contribution in [2.45, 2.75) is 31.8 Å². The summed E-state index contributed by atoms with van der Waals surface area (Å²) >= 11 is 0. The summed E-state index contributed by atoms with van der Waals surface area (Å²) in [4.78, 5) is 50.0. The minimum Gasteiger partial charge on any atom is -0.442 e. The summed E-state index contributed by atoms with van der Waals surface area (Å²) in [6.45, 7) is 4.91. The van der Waals surface area contributed by atoms with Crippen LogP contribution in [0, 0.1) is 5.92 Å². The fourth-order valence-electron chi connectivity index (χ4n) is 4.50. The molecule has 2 N–H and O–H groups in total. The van der Waals surface area contributed by atoms with Gasteiger partial charge in [0.25, 0.3) is 0 Å². The summed E-state index contributed by atoms with van der Waals surface area (Å²) in [5.74, 6) is 0.00727. The molecule has 2 saturated heterocycles. The van der Waals surface area contributed by atoms with Crippen molar-refractivity contribution < 1.29 is 23.9 Å². The third-order valence-electron chi connectivity index (χ3n) is 6.19. The van der Waals surface area contributed by atoms with Crippen LogP contribution < -0.4 is 15.5 Å². The number of hydrogen-bond donors (Lipinski definition) is 2. The number of carbonyl (C=O) groups excluding carboxylic acids is 4. The SMILES string of the molecule is CC(=O)NCC(=O)N1CC2CC2(c2ccc(N3CC(CNC(C)=O)OC3=O)cc2)C1. The first-order chi connectivity index (χ1) is 14.3. The molecular weight excluding hydrogens is 388 g/mol. The Labute approximate surface area is 174 Å². The Morgan fingerprint density at radius 1 is 1.10 bits per heavy atom. The van der Waals surface area contributed by atoms with E-state index in [1.54, 1.807) is 4.90 Å². The van der Waals surface area contributed by atoms with Crippen molar-refractivity contribution in [1.29, 1.82) is 0 Å². The molecule has 1 aliphatic carbocycles. The van der Waals surface area contributed by atoms with Gasteiger partial charge >= 0.3 is 6.09 Å². The van der Waals surface area contributed by atoms with Crippen LogP contribution in [-0.2, 0) is 24.5 Å². The Morgan fingerprint density at radius 2 is 1.80 bits per heavy atom. The van der Waals surface area contributed by atoms with Crippen molar-refractivity contribution in [1.82, 2.24) is 15.5 Å². The van der Waals surface area contributed by atoms with E-state index < -0.39 is 6.09 Å². The second kappa shape index (κ2) is 7.62. The number of piperidine rings is 1. The maximum Gasteiger partial charge on any atom is 0.414 e. The molecule has 1 aromatic carbocycles. The number of amides is 4. The number of cyclic esters (lactones) is 1. The number of carbonyl (C=O) groups is 4. The first-order valence-electron chi connectivity index (χ1n) is 10.1. The maximum atomic E-state index is 12.3. The Balaban J connectivity index is 1.38. The predicted octanol–water partition coefficient (Wildman–Crippen LogP) is 0.384. The van der Waals surface area contributed by atoms with Gasteiger partial charge in [-0.1, -0.05) is 12.1 Å². The lowest BCUT2D eigenvalue weighted by molar-refractivity contribution is -0.132. The quantitative estimate of drug-likeness (QED) is 0.700. The molecule has 3 fully saturated rings. The number of hydrogen-bond acceptors (Lipinski definition) is 5. The molecule has 1 saturated carbocycles. The summed E-state index contributed by atoms with van der Waals surface area (Å²) in [7, 11) is 0. The number of nitrogens with one attached hydrogen (secondary N) is 2. The van der Waals surface area contributed by atoms with Gasteiger partial charge in [0.2, 0.25) is 17.7 Å². The summed E-state index contributed by atoms with van der Waals surface area (Å²) < 4.78 is 5.32. The number of likely N-dealkylation sites (tertiary alicyclic amines) is 1. The molecule has 1 aromatic rings. The van der Waals surface area contributed by atoms with E-state index in [0.29, 0.717) is 32.1 Å². The molecule has 9 heteroatoms. The van der Waals surface area contributed by atoms with Crippen LogP contribution in [0.25, 0.3) is 0 Å². The Bertz CT molecular complexity index is 886. The zero-order valence-corrected chi connectivity index (χ0v) is 17.1. The minimum atomic E-state index is -0.420. The van der Waals surface area contributed by atoms with Gasteiger partial charge in [-0.3, -0.25) is 19.3 Å². The Kier molecular flexibility index (Phi) is 5.13. The van der Waals surface area contributed by atoms with E-state index in [0.717, 1.165) is 17.7 Å². The molecule has 4 amide bonds. The average molecular weight is 414 g/mol. The van der Waals surface area contributed by atoms with Crippen LogP contribution in [0.2, 0.25) is 0 Å². The molecule has 2 aliphatic heterocycles. The van der Waals surface area contributed by atoms with Crippen LogP contribution in [-0.4, -0.2) is 67.5 Å². The van der Waals surface area contributed by atoms with Crippen molar-refractivity contribution in [2.24, 2.45) is 5.92 Å². The van der Waals surface area contributed by atoms with Gasteiger partial charge in [0.15, 0.2) is 0 Å². The first-order valence-corrected chi connectivity index (χ1v) is 10.1. The Morgan fingerprint density at radius 3 is 2.47 bits per heavy atom. The largest absolute Gasteiger partial charge is 0.442 e. The van der Waals surface area contributed by atoms with Crippen molar-refractivity contribution in [3.63, 3.8) is 0 Å². The van der Waals surface area contributed by atoms with Crippen LogP contribution in [0.15, 0.2) is 24.3 Å². The summed E-state index contributed by atoms with van der Waals surface area (Å²) in [5, 5.41) is 5.23. The van der Waals surface area contributed by atoms with Crippen LogP contribution in [0.4, 0.5) is 10.5 Å². The van der Waals surface area contributed by atoms with E-state index in [4.69, 9.17) is 4.74 Å². The van der Waals surface area contributed by atoms with E-state index in [1.807, 2.05) is 29.2 Å². The highest BCUT2D eigenvalue weighted by Crippen LogP contribution is 2.59. The fourth-order valence-corrected chi connectivity index (χ4v) is 4.50. The monoisotopic (exact) mass is 414 g/mol. The Hall–Kier alpha value is -3.10. The number of rotatable bonds is 6. The van der Waals surface area contributed by atoms with Gasteiger partial charge in [-0.2, -0.15) is 0 Å². The smallest absolute Gasteiger partial charge is 0.414 e. The van der Waals surface area contributed by atoms with Gasteiger partial charge in [-0.05, 0) is 30.0 Å². The van der Waals surface area contributed by atoms with E-state index in [1.165, 1.54) is 13.8 Å². The highest BCUT2D eigenvalue weighted by atomic mass is 16.6. The first kappa shape index (κ1) is 20.2. The molecule has 160 valence electrons. The van der Waals surface area contributed by atoms with Crippen LogP contribution in [0.1, 0.15) is 25.8 Å². The van der Waals surface area contributed by atoms with Gasteiger partial charge in [0, 0.05) is 38.0 Å². The average Bonchev–Trinajstić information content (AvgIpc) is 3.07. The van der Waals surface area contributed by atoms with E-state index in [9.17, 15) is 19.2 Å². The molecule has 3 unspecified atom stereocenters. The lowest BCUT2D eigenvalue weighted by atomic mass is 9.94. The third kappa shape index (κ3) is 3.83.